The normalized spacial score (nSPS) is 11.4. The van der Waals surface area contributed by atoms with Gasteiger partial charge in [0, 0.05) is 6.07 Å². The number of nitrogens with two attached hydrogens (primary N) is 2. The van der Waals surface area contributed by atoms with E-state index in [1.165, 1.54) is 18.2 Å². The van der Waals surface area contributed by atoms with Gasteiger partial charge < -0.3 is 11.1 Å². The van der Waals surface area contributed by atoms with Crippen LogP contribution in [-0.4, -0.2) is 8.42 Å². The van der Waals surface area contributed by atoms with Crippen LogP contribution in [0.4, 0.5) is 25.8 Å². The Hall–Kier alpha value is -1.90. The number of benzene rings is 2. The summed E-state index contributed by atoms with van der Waals surface area (Å²) in [4.78, 5) is -0.314. The summed E-state index contributed by atoms with van der Waals surface area (Å²) in [5.41, 5.74) is 5.34. The van der Waals surface area contributed by atoms with Crippen molar-refractivity contribution in [1.29, 1.82) is 0 Å². The fraction of sp³-hybridized carbons (Fsp3) is 0. The lowest BCUT2D eigenvalue weighted by Gasteiger charge is -2.13. The summed E-state index contributed by atoms with van der Waals surface area (Å²) in [6.07, 6.45) is 0. The zero-order chi connectivity index (χ0) is 15.8. The second-order valence-electron chi connectivity index (χ2n) is 4.13. The lowest BCUT2D eigenvalue weighted by Crippen LogP contribution is -2.15. The Balaban J connectivity index is 2.51. The van der Waals surface area contributed by atoms with E-state index in [9.17, 15) is 17.2 Å². The number of para-hydroxylation sites is 1. The topological polar surface area (TPSA) is 98.2 Å². The van der Waals surface area contributed by atoms with Crippen molar-refractivity contribution in [2.24, 2.45) is 5.14 Å². The van der Waals surface area contributed by atoms with Gasteiger partial charge in [0.15, 0.2) is 5.82 Å². The molecule has 0 heterocycles. The van der Waals surface area contributed by atoms with Gasteiger partial charge in [0.1, 0.15) is 10.7 Å². The summed E-state index contributed by atoms with van der Waals surface area (Å²) in [6, 6.07) is 5.52. The van der Waals surface area contributed by atoms with Crippen LogP contribution in [0.15, 0.2) is 35.2 Å². The predicted octanol–water partition coefficient (Wildman–Crippen LogP) is 2.59. The number of hydrogen-bond acceptors (Lipinski definition) is 4. The Labute approximate surface area is 124 Å². The van der Waals surface area contributed by atoms with E-state index >= 15 is 0 Å². The van der Waals surface area contributed by atoms with Gasteiger partial charge in [0.05, 0.1) is 22.1 Å². The summed E-state index contributed by atoms with van der Waals surface area (Å²) in [5, 5.41) is 7.33. The molecule has 0 saturated heterocycles. The molecule has 2 aromatic carbocycles. The van der Waals surface area contributed by atoms with E-state index in [-0.39, 0.29) is 27.0 Å². The average molecular weight is 334 g/mol. The Morgan fingerprint density at radius 3 is 2.43 bits per heavy atom. The second-order valence-corrected chi connectivity index (χ2v) is 6.07. The van der Waals surface area contributed by atoms with Crippen LogP contribution in [0.5, 0.6) is 0 Å². The molecule has 0 aliphatic carbocycles. The molecule has 0 aliphatic heterocycles. The molecule has 21 heavy (non-hydrogen) atoms. The molecule has 0 unspecified atom stereocenters. The molecule has 5 N–H and O–H groups in total. The molecule has 0 radical (unpaired) electrons. The third kappa shape index (κ3) is 3.23. The number of nitrogen functional groups attached to an aromatic ring is 1. The van der Waals surface area contributed by atoms with Gasteiger partial charge in [0.2, 0.25) is 10.0 Å². The SMILES string of the molecule is Nc1c(Nc2c(F)cc(F)cc2Cl)cccc1S(N)(=O)=O. The van der Waals surface area contributed by atoms with Gasteiger partial charge in [0.25, 0.3) is 0 Å². The Morgan fingerprint density at radius 2 is 1.86 bits per heavy atom. The number of anilines is 3. The number of hydrogen-bond donors (Lipinski definition) is 3. The Kier molecular flexibility index (Phi) is 4.04. The largest absolute Gasteiger partial charge is 0.396 e. The van der Waals surface area contributed by atoms with Crippen molar-refractivity contribution in [2.75, 3.05) is 11.1 Å². The molecule has 0 spiro atoms. The van der Waals surface area contributed by atoms with Crippen LogP contribution in [0.3, 0.4) is 0 Å². The summed E-state index contributed by atoms with van der Waals surface area (Å²) in [5.74, 6) is -1.78. The second kappa shape index (κ2) is 5.47. The van der Waals surface area contributed by atoms with Crippen LogP contribution in [0.2, 0.25) is 5.02 Å². The molecule has 112 valence electrons. The first-order valence-electron chi connectivity index (χ1n) is 5.53. The lowest BCUT2D eigenvalue weighted by atomic mass is 10.2. The minimum Gasteiger partial charge on any atom is -0.396 e. The fourth-order valence-electron chi connectivity index (χ4n) is 1.70. The molecule has 0 fully saturated rings. The smallest absolute Gasteiger partial charge is 0.240 e. The summed E-state index contributed by atoms with van der Waals surface area (Å²) >= 11 is 5.74. The van der Waals surface area contributed by atoms with E-state index in [4.69, 9.17) is 22.5 Å². The van der Waals surface area contributed by atoms with Crippen LogP contribution in [0, 0.1) is 11.6 Å². The van der Waals surface area contributed by atoms with E-state index < -0.39 is 21.7 Å². The molecular formula is C12H10ClF2N3O2S. The van der Waals surface area contributed by atoms with Gasteiger partial charge in [-0.15, -0.1) is 0 Å². The zero-order valence-corrected chi connectivity index (χ0v) is 12.0. The molecule has 0 saturated carbocycles. The minimum atomic E-state index is -4.03. The first kappa shape index (κ1) is 15.5. The fourth-order valence-corrected chi connectivity index (χ4v) is 2.62. The highest BCUT2D eigenvalue weighted by Gasteiger charge is 2.17. The molecule has 2 aromatic rings. The van der Waals surface area contributed by atoms with E-state index in [0.29, 0.717) is 6.07 Å². The monoisotopic (exact) mass is 333 g/mol. The molecule has 0 aromatic heterocycles. The minimum absolute atomic E-state index is 0.0777. The molecule has 0 atom stereocenters. The van der Waals surface area contributed by atoms with Gasteiger partial charge >= 0.3 is 0 Å². The molecule has 0 bridgehead atoms. The third-order valence-electron chi connectivity index (χ3n) is 2.64. The third-order valence-corrected chi connectivity index (χ3v) is 3.91. The first-order chi connectivity index (χ1) is 9.70. The molecule has 0 aliphatic rings. The number of primary sulfonamides is 1. The van der Waals surface area contributed by atoms with E-state index in [1.807, 2.05) is 0 Å². The maximum absolute atomic E-state index is 13.7. The van der Waals surface area contributed by atoms with Gasteiger partial charge in [-0.2, -0.15) is 0 Å². The molecule has 0 amide bonds. The molecule has 9 heteroatoms. The number of nitrogens with one attached hydrogen (secondary N) is 1. The maximum Gasteiger partial charge on any atom is 0.240 e. The van der Waals surface area contributed by atoms with Crippen molar-refractivity contribution < 1.29 is 17.2 Å². The molecule has 5 nitrogen and oxygen atoms in total. The van der Waals surface area contributed by atoms with Crippen molar-refractivity contribution >= 4 is 38.7 Å². The van der Waals surface area contributed by atoms with Gasteiger partial charge in [-0.3, -0.25) is 0 Å². The highest BCUT2D eigenvalue weighted by molar-refractivity contribution is 7.89. The quantitative estimate of drug-likeness (QED) is 0.752. The predicted molar refractivity (Wildman–Crippen MR) is 76.9 cm³/mol. The van der Waals surface area contributed by atoms with Crippen molar-refractivity contribution in [1.82, 2.24) is 0 Å². The van der Waals surface area contributed by atoms with Crippen molar-refractivity contribution in [2.45, 2.75) is 4.90 Å². The summed E-state index contributed by atoms with van der Waals surface area (Å²) in [7, 11) is -4.03. The van der Waals surface area contributed by atoms with Crippen LogP contribution in [0.25, 0.3) is 0 Å². The maximum atomic E-state index is 13.7. The van der Waals surface area contributed by atoms with Gasteiger partial charge in [-0.05, 0) is 18.2 Å². The standard InChI is InChI=1S/C12H10ClF2N3O2S/c13-7-4-6(14)5-8(15)12(7)18-9-2-1-3-10(11(9)16)21(17,19)20/h1-5,18H,16H2,(H2,17,19,20). The van der Waals surface area contributed by atoms with Crippen LogP contribution >= 0.6 is 11.6 Å². The van der Waals surface area contributed by atoms with Gasteiger partial charge in [-0.25, -0.2) is 22.3 Å². The summed E-state index contributed by atoms with van der Waals surface area (Å²) in [6.45, 7) is 0. The zero-order valence-electron chi connectivity index (χ0n) is 10.4. The number of sulfonamides is 1. The van der Waals surface area contributed by atoms with Crippen LogP contribution in [-0.2, 0) is 10.0 Å². The number of halogens is 3. The van der Waals surface area contributed by atoms with Crippen molar-refractivity contribution in [3.8, 4) is 0 Å². The number of rotatable bonds is 3. The van der Waals surface area contributed by atoms with Crippen LogP contribution < -0.4 is 16.2 Å². The summed E-state index contributed by atoms with van der Waals surface area (Å²) < 4.78 is 49.4. The lowest BCUT2D eigenvalue weighted by molar-refractivity contribution is 0.586. The highest BCUT2D eigenvalue weighted by Crippen LogP contribution is 2.33. The van der Waals surface area contributed by atoms with E-state index in [2.05, 4.69) is 5.32 Å². The first-order valence-corrected chi connectivity index (χ1v) is 7.45. The van der Waals surface area contributed by atoms with E-state index in [0.717, 1.165) is 6.07 Å². The Morgan fingerprint density at radius 1 is 1.19 bits per heavy atom. The highest BCUT2D eigenvalue weighted by atomic mass is 35.5. The molecular weight excluding hydrogens is 324 g/mol. The van der Waals surface area contributed by atoms with E-state index in [1.54, 1.807) is 0 Å². The average Bonchev–Trinajstić information content (AvgIpc) is 2.33. The van der Waals surface area contributed by atoms with Crippen LogP contribution in [0.1, 0.15) is 0 Å². The van der Waals surface area contributed by atoms with Gasteiger partial charge in [-0.1, -0.05) is 17.7 Å². The molecule has 2 rings (SSSR count). The Bertz CT molecular complexity index is 789. The van der Waals surface area contributed by atoms with Crippen molar-refractivity contribution in [3.63, 3.8) is 0 Å². The van der Waals surface area contributed by atoms with Crippen molar-refractivity contribution in [3.05, 3.63) is 47.0 Å².